The Balaban J connectivity index is 2.08. The lowest BCUT2D eigenvalue weighted by Crippen LogP contribution is -2.29. The van der Waals surface area contributed by atoms with Gasteiger partial charge in [0.15, 0.2) is 0 Å². The number of nitrogens with one attached hydrogen (secondary N) is 1. The molecule has 0 saturated heterocycles. The summed E-state index contributed by atoms with van der Waals surface area (Å²) in [6.45, 7) is 1.84. The molecule has 0 saturated carbocycles. The van der Waals surface area contributed by atoms with Crippen LogP contribution in [0.25, 0.3) is 11.0 Å². The van der Waals surface area contributed by atoms with E-state index in [2.05, 4.69) is 15.4 Å². The number of aromatic nitrogens is 2. The third kappa shape index (κ3) is 2.74. The second-order valence-electron chi connectivity index (χ2n) is 4.95. The number of hydrogen-bond acceptors (Lipinski definition) is 4. The third-order valence-corrected chi connectivity index (χ3v) is 3.33. The van der Waals surface area contributed by atoms with E-state index < -0.39 is 6.04 Å². The Hall–Kier alpha value is -2.37. The number of halogens is 1. The fraction of sp³-hybridized carbons (Fsp3) is 0.125. The second-order valence-corrected chi connectivity index (χ2v) is 4.95. The third-order valence-electron chi connectivity index (χ3n) is 3.33. The lowest BCUT2D eigenvalue weighted by atomic mass is 10.0. The zero-order valence-corrected chi connectivity index (χ0v) is 11.5. The number of rotatable bonds is 3. The molecule has 3 rings (SSSR count). The maximum absolute atomic E-state index is 13.6. The molecule has 1 atom stereocenters. The van der Waals surface area contributed by atoms with Crippen LogP contribution in [0.5, 0.6) is 0 Å². The highest BCUT2D eigenvalue weighted by Gasteiger charge is 2.16. The monoisotopic (exact) mass is 282 g/mol. The van der Waals surface area contributed by atoms with E-state index in [0.29, 0.717) is 5.69 Å². The van der Waals surface area contributed by atoms with Gasteiger partial charge in [0.25, 0.3) is 0 Å². The van der Waals surface area contributed by atoms with Crippen LogP contribution in [-0.2, 0) is 0 Å². The minimum absolute atomic E-state index is 0.293. The largest absolute Gasteiger partial charge is 0.271 e. The van der Waals surface area contributed by atoms with Gasteiger partial charge in [-0.1, -0.05) is 18.2 Å². The van der Waals surface area contributed by atoms with Crippen molar-refractivity contribution in [3.05, 3.63) is 71.3 Å². The first-order valence-corrected chi connectivity index (χ1v) is 6.62. The molecule has 3 N–H and O–H groups in total. The number of hydrazine groups is 1. The summed E-state index contributed by atoms with van der Waals surface area (Å²) in [7, 11) is 0. The van der Waals surface area contributed by atoms with E-state index in [1.807, 2.05) is 37.3 Å². The van der Waals surface area contributed by atoms with Crippen LogP contribution >= 0.6 is 0 Å². The van der Waals surface area contributed by atoms with Crippen molar-refractivity contribution in [2.75, 3.05) is 0 Å². The van der Waals surface area contributed by atoms with Crippen LogP contribution in [0.15, 0.2) is 48.7 Å². The van der Waals surface area contributed by atoms with Crippen molar-refractivity contribution in [1.82, 2.24) is 15.4 Å². The predicted molar refractivity (Wildman–Crippen MR) is 79.8 cm³/mol. The summed E-state index contributed by atoms with van der Waals surface area (Å²) in [5, 5.41) is 0. The van der Waals surface area contributed by atoms with Crippen LogP contribution < -0.4 is 11.3 Å². The second kappa shape index (κ2) is 5.55. The van der Waals surface area contributed by atoms with Crippen molar-refractivity contribution in [1.29, 1.82) is 0 Å². The Morgan fingerprint density at radius 3 is 2.62 bits per heavy atom. The van der Waals surface area contributed by atoms with Gasteiger partial charge in [-0.3, -0.25) is 10.8 Å². The maximum atomic E-state index is 13.6. The standard InChI is InChI=1S/C16H15FN4/c1-10-6-11(8-12(17)7-10)16(21-18)15-9-19-13-4-2-3-5-14(13)20-15/h2-9,16,21H,18H2,1H3. The molecule has 1 heterocycles. The number of hydrogen-bond donors (Lipinski definition) is 2. The highest BCUT2D eigenvalue weighted by atomic mass is 19.1. The van der Waals surface area contributed by atoms with E-state index in [4.69, 9.17) is 5.84 Å². The van der Waals surface area contributed by atoms with E-state index in [1.165, 1.54) is 12.1 Å². The molecule has 0 radical (unpaired) electrons. The molecular weight excluding hydrogens is 267 g/mol. The van der Waals surface area contributed by atoms with Crippen molar-refractivity contribution >= 4 is 11.0 Å². The molecule has 0 aliphatic heterocycles. The molecule has 2 aromatic carbocycles. The van der Waals surface area contributed by atoms with Crippen LogP contribution in [0.3, 0.4) is 0 Å². The van der Waals surface area contributed by atoms with Crippen molar-refractivity contribution in [3.8, 4) is 0 Å². The lowest BCUT2D eigenvalue weighted by molar-refractivity contribution is 0.596. The van der Waals surface area contributed by atoms with Gasteiger partial charge in [0.1, 0.15) is 5.82 Å². The molecule has 106 valence electrons. The first kappa shape index (κ1) is 13.6. The van der Waals surface area contributed by atoms with Crippen LogP contribution in [-0.4, -0.2) is 9.97 Å². The Morgan fingerprint density at radius 2 is 1.90 bits per heavy atom. The van der Waals surface area contributed by atoms with Gasteiger partial charge in [-0.05, 0) is 42.3 Å². The minimum Gasteiger partial charge on any atom is -0.271 e. The highest BCUT2D eigenvalue weighted by Crippen LogP contribution is 2.22. The van der Waals surface area contributed by atoms with Crippen LogP contribution in [0, 0.1) is 12.7 Å². The summed E-state index contributed by atoms with van der Waals surface area (Å²) >= 11 is 0. The van der Waals surface area contributed by atoms with E-state index in [9.17, 15) is 4.39 Å². The molecule has 0 amide bonds. The summed E-state index contributed by atoms with van der Waals surface area (Å²) in [6.07, 6.45) is 1.66. The Labute approximate surface area is 121 Å². The van der Waals surface area contributed by atoms with Crippen LogP contribution in [0.1, 0.15) is 22.9 Å². The average Bonchev–Trinajstić information content (AvgIpc) is 2.47. The van der Waals surface area contributed by atoms with Gasteiger partial charge in [0.2, 0.25) is 0 Å². The molecular formula is C16H15FN4. The lowest BCUT2D eigenvalue weighted by Gasteiger charge is -2.16. The van der Waals surface area contributed by atoms with Gasteiger partial charge in [-0.2, -0.15) is 0 Å². The summed E-state index contributed by atoms with van der Waals surface area (Å²) in [6, 6.07) is 12.0. The molecule has 0 bridgehead atoms. The number of para-hydroxylation sites is 2. The number of nitrogens with two attached hydrogens (primary N) is 1. The number of fused-ring (bicyclic) bond motifs is 1. The van der Waals surface area contributed by atoms with Gasteiger partial charge < -0.3 is 0 Å². The first-order chi connectivity index (χ1) is 10.2. The summed E-state index contributed by atoms with van der Waals surface area (Å²) < 4.78 is 13.6. The molecule has 0 aliphatic rings. The van der Waals surface area contributed by atoms with E-state index in [1.54, 1.807) is 6.20 Å². The van der Waals surface area contributed by atoms with E-state index in [0.717, 1.165) is 22.2 Å². The SMILES string of the molecule is Cc1cc(F)cc(C(NN)c2cnc3ccccc3n2)c1. The van der Waals surface area contributed by atoms with Gasteiger partial charge in [-0.15, -0.1) is 0 Å². The average molecular weight is 282 g/mol. The normalized spacial score (nSPS) is 12.5. The fourth-order valence-electron chi connectivity index (χ4n) is 2.39. The van der Waals surface area contributed by atoms with Gasteiger partial charge in [0.05, 0.1) is 29.0 Å². The number of benzene rings is 2. The van der Waals surface area contributed by atoms with Gasteiger partial charge >= 0.3 is 0 Å². The Morgan fingerprint density at radius 1 is 1.14 bits per heavy atom. The molecule has 1 aromatic heterocycles. The molecule has 0 fully saturated rings. The summed E-state index contributed by atoms with van der Waals surface area (Å²) in [4.78, 5) is 8.92. The van der Waals surface area contributed by atoms with E-state index >= 15 is 0 Å². The molecule has 3 aromatic rings. The zero-order chi connectivity index (χ0) is 14.8. The number of nitrogens with zero attached hydrogens (tertiary/aromatic N) is 2. The minimum atomic E-state index is -0.406. The molecule has 5 heteroatoms. The smallest absolute Gasteiger partial charge is 0.123 e. The summed E-state index contributed by atoms with van der Waals surface area (Å²) in [5.41, 5.74) is 6.49. The molecule has 1 unspecified atom stereocenters. The van der Waals surface area contributed by atoms with Crippen LogP contribution in [0.4, 0.5) is 4.39 Å². The van der Waals surface area contributed by atoms with Gasteiger partial charge in [0, 0.05) is 0 Å². The van der Waals surface area contributed by atoms with Crippen molar-refractivity contribution in [2.45, 2.75) is 13.0 Å². The van der Waals surface area contributed by atoms with E-state index in [-0.39, 0.29) is 5.82 Å². The maximum Gasteiger partial charge on any atom is 0.123 e. The quantitative estimate of drug-likeness (QED) is 0.572. The predicted octanol–water partition coefficient (Wildman–Crippen LogP) is 2.63. The fourth-order valence-corrected chi connectivity index (χ4v) is 2.39. The van der Waals surface area contributed by atoms with Crippen LogP contribution in [0.2, 0.25) is 0 Å². The topological polar surface area (TPSA) is 63.8 Å². The van der Waals surface area contributed by atoms with Crippen molar-refractivity contribution in [2.24, 2.45) is 5.84 Å². The summed E-state index contributed by atoms with van der Waals surface area (Å²) in [5.74, 6) is 5.35. The highest BCUT2D eigenvalue weighted by molar-refractivity contribution is 5.73. The first-order valence-electron chi connectivity index (χ1n) is 6.62. The molecule has 4 nitrogen and oxygen atoms in total. The zero-order valence-electron chi connectivity index (χ0n) is 11.5. The van der Waals surface area contributed by atoms with Gasteiger partial charge in [-0.25, -0.2) is 14.8 Å². The van der Waals surface area contributed by atoms with Crippen molar-refractivity contribution in [3.63, 3.8) is 0 Å². The Kier molecular flexibility index (Phi) is 3.60. The molecule has 0 aliphatic carbocycles. The molecule has 0 spiro atoms. The number of aryl methyl sites for hydroxylation is 1. The Bertz CT molecular complexity index is 768. The van der Waals surface area contributed by atoms with Crippen molar-refractivity contribution < 1.29 is 4.39 Å². The molecule has 21 heavy (non-hydrogen) atoms.